The van der Waals surface area contributed by atoms with Crippen LogP contribution < -0.4 is 14.8 Å². The lowest BCUT2D eigenvalue weighted by Crippen LogP contribution is -2.05. The number of anilines is 2. The standard InChI is InChI=1S/C22H17N3O6S/c1-30-16-4-3-11(8-17(16)31-2)15-9-32-20-18(15)19(23-10-24-20)25-14-6-12(21(26)27)5-13(7-14)22(28)29/h3-10H,1-2H3,(H,26,27)(H,28,29)(H,23,24,25). The molecule has 2 aromatic carbocycles. The number of fused-ring (bicyclic) bond motifs is 1. The number of hydrogen-bond acceptors (Lipinski definition) is 8. The van der Waals surface area contributed by atoms with Crippen molar-refractivity contribution in [1.82, 2.24) is 9.97 Å². The molecule has 3 N–H and O–H groups in total. The summed E-state index contributed by atoms with van der Waals surface area (Å²) in [5, 5.41) is 24.4. The van der Waals surface area contributed by atoms with E-state index in [4.69, 9.17) is 9.47 Å². The van der Waals surface area contributed by atoms with Crippen LogP contribution in [-0.4, -0.2) is 46.3 Å². The van der Waals surface area contributed by atoms with Gasteiger partial charge in [-0.15, -0.1) is 11.3 Å². The van der Waals surface area contributed by atoms with Crippen LogP contribution in [0, 0.1) is 0 Å². The molecule has 4 aromatic rings. The first-order chi connectivity index (χ1) is 15.4. The second-order valence-corrected chi connectivity index (χ2v) is 7.51. The van der Waals surface area contributed by atoms with Crippen molar-refractivity contribution in [2.75, 3.05) is 19.5 Å². The second kappa shape index (κ2) is 8.52. The van der Waals surface area contributed by atoms with Crippen molar-refractivity contribution >= 4 is 45.0 Å². The quantitative estimate of drug-likeness (QED) is 0.371. The number of carboxylic acid groups (broad SMARTS) is 2. The van der Waals surface area contributed by atoms with Crippen LogP contribution in [0.3, 0.4) is 0 Å². The molecule has 10 heteroatoms. The third kappa shape index (κ3) is 3.91. The van der Waals surface area contributed by atoms with Gasteiger partial charge in [0.2, 0.25) is 0 Å². The molecule has 9 nitrogen and oxygen atoms in total. The molecule has 2 aromatic heterocycles. The SMILES string of the molecule is COc1ccc(-c2csc3ncnc(Nc4cc(C(=O)O)cc(C(=O)O)c4)c23)cc1OC. The van der Waals surface area contributed by atoms with Crippen molar-refractivity contribution in [3.05, 3.63) is 59.2 Å². The van der Waals surface area contributed by atoms with Crippen molar-refractivity contribution in [3.63, 3.8) is 0 Å². The lowest BCUT2D eigenvalue weighted by molar-refractivity contribution is 0.0696. The Bertz CT molecular complexity index is 1320. The fraction of sp³-hybridized carbons (Fsp3) is 0.0909. The fourth-order valence-corrected chi connectivity index (χ4v) is 4.19. The number of hydrogen-bond donors (Lipinski definition) is 3. The topological polar surface area (TPSA) is 131 Å². The zero-order chi connectivity index (χ0) is 22.8. The molecule has 0 aliphatic rings. The molecule has 0 fully saturated rings. The Morgan fingerprint density at radius 3 is 2.25 bits per heavy atom. The Hall–Kier alpha value is -4.18. The summed E-state index contributed by atoms with van der Waals surface area (Å²) in [6.45, 7) is 0. The molecule has 4 rings (SSSR count). The van der Waals surface area contributed by atoms with E-state index >= 15 is 0 Å². The van der Waals surface area contributed by atoms with Gasteiger partial charge < -0.3 is 25.0 Å². The first-order valence-electron chi connectivity index (χ1n) is 9.24. The van der Waals surface area contributed by atoms with Crippen molar-refractivity contribution in [1.29, 1.82) is 0 Å². The van der Waals surface area contributed by atoms with Gasteiger partial charge in [0.25, 0.3) is 0 Å². The number of thiophene rings is 1. The molecule has 0 spiro atoms. The molecule has 0 bridgehead atoms. The normalized spacial score (nSPS) is 10.7. The molecule has 0 amide bonds. The van der Waals surface area contributed by atoms with Crippen LogP contribution in [0.5, 0.6) is 11.5 Å². The maximum atomic E-state index is 11.4. The van der Waals surface area contributed by atoms with E-state index in [-0.39, 0.29) is 16.8 Å². The van der Waals surface area contributed by atoms with Crippen molar-refractivity contribution in [3.8, 4) is 22.6 Å². The van der Waals surface area contributed by atoms with Gasteiger partial charge in [-0.2, -0.15) is 0 Å². The minimum Gasteiger partial charge on any atom is -0.493 e. The maximum Gasteiger partial charge on any atom is 0.335 e. The van der Waals surface area contributed by atoms with E-state index in [0.29, 0.717) is 27.5 Å². The van der Waals surface area contributed by atoms with Crippen LogP contribution in [0.25, 0.3) is 21.3 Å². The predicted octanol–water partition coefficient (Wildman–Crippen LogP) is 4.52. The molecule has 0 saturated carbocycles. The highest BCUT2D eigenvalue weighted by Crippen LogP contribution is 2.40. The van der Waals surface area contributed by atoms with Crippen LogP contribution in [0.1, 0.15) is 20.7 Å². The van der Waals surface area contributed by atoms with E-state index in [1.807, 2.05) is 17.5 Å². The van der Waals surface area contributed by atoms with Gasteiger partial charge in [-0.25, -0.2) is 19.6 Å². The molecule has 0 aliphatic carbocycles. The summed E-state index contributed by atoms with van der Waals surface area (Å²) >= 11 is 1.42. The Morgan fingerprint density at radius 2 is 1.62 bits per heavy atom. The number of ether oxygens (including phenoxy) is 2. The highest BCUT2D eigenvalue weighted by atomic mass is 32.1. The maximum absolute atomic E-state index is 11.4. The molecule has 162 valence electrons. The van der Waals surface area contributed by atoms with Crippen molar-refractivity contribution in [2.24, 2.45) is 0 Å². The number of methoxy groups -OCH3 is 2. The summed E-state index contributed by atoms with van der Waals surface area (Å²) < 4.78 is 10.7. The number of benzene rings is 2. The minimum atomic E-state index is -1.23. The molecular weight excluding hydrogens is 434 g/mol. The number of nitrogens with zero attached hydrogens (tertiary/aromatic N) is 2. The van der Waals surface area contributed by atoms with E-state index in [1.54, 1.807) is 20.3 Å². The van der Waals surface area contributed by atoms with E-state index in [9.17, 15) is 19.8 Å². The van der Waals surface area contributed by atoms with Crippen LogP contribution >= 0.6 is 11.3 Å². The summed E-state index contributed by atoms with van der Waals surface area (Å²) in [6, 6.07) is 9.32. The van der Waals surface area contributed by atoms with Gasteiger partial charge in [-0.1, -0.05) is 6.07 Å². The van der Waals surface area contributed by atoms with Gasteiger partial charge in [-0.3, -0.25) is 0 Å². The average molecular weight is 451 g/mol. The summed E-state index contributed by atoms with van der Waals surface area (Å²) in [7, 11) is 3.11. The molecule has 0 unspecified atom stereocenters. The van der Waals surface area contributed by atoms with E-state index in [2.05, 4.69) is 15.3 Å². The summed E-state index contributed by atoms with van der Waals surface area (Å²) in [5.41, 5.74) is 1.66. The van der Waals surface area contributed by atoms with Gasteiger partial charge in [-0.05, 0) is 35.9 Å². The first-order valence-corrected chi connectivity index (χ1v) is 10.1. The van der Waals surface area contributed by atoms with E-state index in [1.165, 1.54) is 29.8 Å². The number of aromatic carboxylic acids is 2. The number of rotatable bonds is 7. The van der Waals surface area contributed by atoms with Crippen molar-refractivity contribution in [2.45, 2.75) is 0 Å². The van der Waals surface area contributed by atoms with Crippen LogP contribution in [0.4, 0.5) is 11.5 Å². The Morgan fingerprint density at radius 1 is 0.938 bits per heavy atom. The molecule has 0 aliphatic heterocycles. The zero-order valence-corrected chi connectivity index (χ0v) is 17.8. The Labute approximate surface area is 185 Å². The lowest BCUT2D eigenvalue weighted by Gasteiger charge is -2.12. The summed E-state index contributed by atoms with van der Waals surface area (Å²) in [6.07, 6.45) is 1.39. The molecule has 32 heavy (non-hydrogen) atoms. The monoisotopic (exact) mass is 451 g/mol. The molecule has 0 atom stereocenters. The van der Waals surface area contributed by atoms with Gasteiger partial charge in [0.1, 0.15) is 17.0 Å². The number of nitrogens with one attached hydrogen (secondary N) is 1. The summed E-state index contributed by atoms with van der Waals surface area (Å²) in [4.78, 5) is 32.2. The van der Waals surface area contributed by atoms with Gasteiger partial charge in [0.05, 0.1) is 30.7 Å². The summed E-state index contributed by atoms with van der Waals surface area (Å²) in [5.74, 6) is -0.885. The van der Waals surface area contributed by atoms with E-state index in [0.717, 1.165) is 17.2 Å². The Balaban J connectivity index is 1.83. The number of carboxylic acids is 2. The van der Waals surface area contributed by atoms with Gasteiger partial charge in [0.15, 0.2) is 11.5 Å². The van der Waals surface area contributed by atoms with E-state index < -0.39 is 11.9 Å². The molecular formula is C22H17N3O6S. The lowest BCUT2D eigenvalue weighted by atomic mass is 10.0. The smallest absolute Gasteiger partial charge is 0.335 e. The average Bonchev–Trinajstić information content (AvgIpc) is 3.23. The largest absolute Gasteiger partial charge is 0.493 e. The molecule has 0 saturated heterocycles. The Kier molecular flexibility index (Phi) is 5.61. The van der Waals surface area contributed by atoms with Gasteiger partial charge >= 0.3 is 11.9 Å². The van der Waals surface area contributed by atoms with Gasteiger partial charge in [0, 0.05) is 16.6 Å². The van der Waals surface area contributed by atoms with Crippen molar-refractivity contribution < 1.29 is 29.3 Å². The predicted molar refractivity (Wildman–Crippen MR) is 120 cm³/mol. The molecule has 0 radical (unpaired) electrons. The first kappa shape index (κ1) is 21.1. The van der Waals surface area contributed by atoms with Crippen LogP contribution in [-0.2, 0) is 0 Å². The fourth-order valence-electron chi connectivity index (χ4n) is 3.27. The molecule has 2 heterocycles. The second-order valence-electron chi connectivity index (χ2n) is 6.66. The number of aromatic nitrogens is 2. The van der Waals surface area contributed by atoms with Crippen LogP contribution in [0.2, 0.25) is 0 Å². The third-order valence-corrected chi connectivity index (χ3v) is 5.64. The third-order valence-electron chi connectivity index (χ3n) is 4.75. The minimum absolute atomic E-state index is 0.150. The van der Waals surface area contributed by atoms with Crippen LogP contribution in [0.15, 0.2) is 48.1 Å². The number of carbonyl (C=O) groups is 2. The zero-order valence-electron chi connectivity index (χ0n) is 16.9. The highest BCUT2D eigenvalue weighted by molar-refractivity contribution is 7.17. The highest BCUT2D eigenvalue weighted by Gasteiger charge is 2.17.